The Kier molecular flexibility index (Phi) is 4.24. The first-order valence-electron chi connectivity index (χ1n) is 8.60. The number of aliphatic imine (C=N–C) groups is 1. The number of nitrogens with zero attached hydrogens (tertiary/aromatic N) is 3. The van der Waals surface area contributed by atoms with Crippen molar-refractivity contribution in [2.75, 3.05) is 6.54 Å². The lowest BCUT2D eigenvalue weighted by Gasteiger charge is -2.16. The molecular weight excluding hydrogens is 294 g/mol. The maximum absolute atomic E-state index is 4.61. The predicted octanol–water partition coefficient (Wildman–Crippen LogP) is 4.85. The maximum atomic E-state index is 4.61. The SMILES string of the molecule is C1=CCCC(c2cncn2C2=C(c3ccccc3)CCCN=C2)=C1. The van der Waals surface area contributed by atoms with Gasteiger partial charge in [0.2, 0.25) is 0 Å². The summed E-state index contributed by atoms with van der Waals surface area (Å²) in [7, 11) is 0. The molecule has 0 atom stereocenters. The minimum atomic E-state index is 0.884. The summed E-state index contributed by atoms with van der Waals surface area (Å²) >= 11 is 0. The van der Waals surface area contributed by atoms with E-state index in [0.29, 0.717) is 0 Å². The van der Waals surface area contributed by atoms with Crippen molar-refractivity contribution in [3.8, 4) is 0 Å². The summed E-state index contributed by atoms with van der Waals surface area (Å²) in [6.07, 6.45) is 16.8. The van der Waals surface area contributed by atoms with E-state index in [0.717, 1.165) is 37.9 Å². The van der Waals surface area contributed by atoms with E-state index in [9.17, 15) is 0 Å². The molecule has 0 spiro atoms. The Morgan fingerprint density at radius 1 is 1.04 bits per heavy atom. The van der Waals surface area contributed by atoms with Gasteiger partial charge in [0.1, 0.15) is 0 Å². The van der Waals surface area contributed by atoms with Gasteiger partial charge in [0.05, 0.1) is 23.9 Å². The second-order valence-electron chi connectivity index (χ2n) is 6.18. The molecular formula is C21H21N3. The van der Waals surface area contributed by atoms with Gasteiger partial charge >= 0.3 is 0 Å². The summed E-state index contributed by atoms with van der Waals surface area (Å²) < 4.78 is 2.21. The minimum Gasteiger partial charge on any atom is -0.297 e. The Hall–Kier alpha value is -2.68. The molecule has 0 fully saturated rings. The Morgan fingerprint density at radius 2 is 1.96 bits per heavy atom. The van der Waals surface area contributed by atoms with Gasteiger partial charge in [-0.25, -0.2) is 4.98 Å². The zero-order chi connectivity index (χ0) is 16.2. The Balaban J connectivity index is 1.86. The van der Waals surface area contributed by atoms with Crippen molar-refractivity contribution < 1.29 is 0 Å². The summed E-state index contributed by atoms with van der Waals surface area (Å²) in [5.41, 5.74) is 6.30. The van der Waals surface area contributed by atoms with Gasteiger partial charge in [0.25, 0.3) is 0 Å². The molecule has 0 saturated heterocycles. The van der Waals surface area contributed by atoms with Crippen LogP contribution in [0.25, 0.3) is 16.8 Å². The van der Waals surface area contributed by atoms with Crippen molar-refractivity contribution in [2.45, 2.75) is 25.7 Å². The van der Waals surface area contributed by atoms with Gasteiger partial charge in [-0.05, 0) is 42.4 Å². The normalized spacial score (nSPS) is 17.8. The molecule has 120 valence electrons. The van der Waals surface area contributed by atoms with Crippen molar-refractivity contribution in [3.63, 3.8) is 0 Å². The molecule has 3 nitrogen and oxygen atoms in total. The Morgan fingerprint density at radius 3 is 2.79 bits per heavy atom. The minimum absolute atomic E-state index is 0.884. The third kappa shape index (κ3) is 2.90. The zero-order valence-corrected chi connectivity index (χ0v) is 13.7. The highest BCUT2D eigenvalue weighted by molar-refractivity contribution is 6.13. The van der Waals surface area contributed by atoms with Gasteiger partial charge in [-0.3, -0.25) is 9.56 Å². The van der Waals surface area contributed by atoms with Crippen LogP contribution in [-0.2, 0) is 0 Å². The molecule has 0 saturated carbocycles. The van der Waals surface area contributed by atoms with Gasteiger partial charge < -0.3 is 0 Å². The van der Waals surface area contributed by atoms with E-state index in [4.69, 9.17) is 0 Å². The molecule has 1 aliphatic heterocycles. The van der Waals surface area contributed by atoms with Crippen LogP contribution in [0.4, 0.5) is 0 Å². The smallest absolute Gasteiger partial charge is 0.0997 e. The molecule has 0 amide bonds. The van der Waals surface area contributed by atoms with Crippen LogP contribution in [0.5, 0.6) is 0 Å². The summed E-state index contributed by atoms with van der Waals surface area (Å²) in [5.74, 6) is 0. The van der Waals surface area contributed by atoms with Crippen molar-refractivity contribution in [1.29, 1.82) is 0 Å². The summed E-state index contributed by atoms with van der Waals surface area (Å²) in [6.45, 7) is 0.884. The van der Waals surface area contributed by atoms with Crippen LogP contribution in [0.1, 0.15) is 36.9 Å². The van der Waals surface area contributed by atoms with E-state index >= 15 is 0 Å². The number of rotatable bonds is 3. The number of allylic oxidation sites excluding steroid dienone is 6. The molecule has 0 N–H and O–H groups in total. The Labute approximate surface area is 142 Å². The molecule has 1 aromatic carbocycles. The molecule has 3 heteroatoms. The van der Waals surface area contributed by atoms with Crippen molar-refractivity contribution in [1.82, 2.24) is 9.55 Å². The van der Waals surface area contributed by atoms with Crippen LogP contribution < -0.4 is 0 Å². The third-order valence-electron chi connectivity index (χ3n) is 4.60. The Bertz CT molecular complexity index is 835. The topological polar surface area (TPSA) is 30.2 Å². The van der Waals surface area contributed by atoms with Crippen molar-refractivity contribution in [2.24, 2.45) is 4.99 Å². The molecule has 2 aromatic rings. The first kappa shape index (κ1) is 14.9. The summed E-state index contributed by atoms with van der Waals surface area (Å²) in [5, 5.41) is 0. The monoisotopic (exact) mass is 315 g/mol. The first-order chi connectivity index (χ1) is 11.9. The molecule has 0 radical (unpaired) electrons. The van der Waals surface area contributed by atoms with Crippen molar-refractivity contribution in [3.05, 3.63) is 72.3 Å². The second-order valence-corrected chi connectivity index (χ2v) is 6.18. The maximum Gasteiger partial charge on any atom is 0.0997 e. The highest BCUT2D eigenvalue weighted by Gasteiger charge is 2.17. The lowest BCUT2D eigenvalue weighted by molar-refractivity contribution is 0.875. The quantitative estimate of drug-likeness (QED) is 0.796. The standard InChI is InChI=1S/C21H21N3/c1-3-8-17(9-4-1)19-12-7-13-22-15-21(19)24-16-23-14-20(24)18-10-5-2-6-11-18/h1-5,8-10,14-16H,6-7,11-13H2. The van der Waals surface area contributed by atoms with Crippen molar-refractivity contribution >= 4 is 23.1 Å². The fourth-order valence-corrected chi connectivity index (χ4v) is 3.38. The third-order valence-corrected chi connectivity index (χ3v) is 4.60. The fraction of sp³-hybridized carbons (Fsp3) is 0.238. The molecule has 4 rings (SSSR count). The van der Waals surface area contributed by atoms with E-state index in [1.54, 1.807) is 0 Å². The summed E-state index contributed by atoms with van der Waals surface area (Å²) in [4.78, 5) is 9.04. The van der Waals surface area contributed by atoms with Crippen LogP contribution in [0.15, 0.2) is 66.1 Å². The first-order valence-corrected chi connectivity index (χ1v) is 8.60. The molecule has 2 aliphatic rings. The highest BCUT2D eigenvalue weighted by Crippen LogP contribution is 2.31. The average Bonchev–Trinajstić information content (AvgIpc) is 3.01. The van der Waals surface area contributed by atoms with Crippen LogP contribution in [0, 0.1) is 0 Å². The number of hydrogen-bond donors (Lipinski definition) is 0. The van der Waals surface area contributed by atoms with E-state index < -0.39 is 0 Å². The van der Waals surface area contributed by atoms with E-state index in [1.165, 1.54) is 22.4 Å². The van der Waals surface area contributed by atoms with Gasteiger partial charge in [0.15, 0.2) is 0 Å². The zero-order valence-electron chi connectivity index (χ0n) is 13.7. The highest BCUT2D eigenvalue weighted by atomic mass is 15.1. The van der Waals surface area contributed by atoms with Crippen LogP contribution in [0.2, 0.25) is 0 Å². The van der Waals surface area contributed by atoms with Crippen LogP contribution in [0.3, 0.4) is 0 Å². The second kappa shape index (κ2) is 6.83. The lowest BCUT2D eigenvalue weighted by Crippen LogP contribution is -2.05. The van der Waals surface area contributed by atoms with Crippen LogP contribution in [-0.4, -0.2) is 22.3 Å². The van der Waals surface area contributed by atoms with E-state index in [-0.39, 0.29) is 0 Å². The summed E-state index contributed by atoms with van der Waals surface area (Å²) in [6, 6.07) is 10.6. The molecule has 1 aromatic heterocycles. The van der Waals surface area contributed by atoms with Crippen LogP contribution >= 0.6 is 0 Å². The van der Waals surface area contributed by atoms with E-state index in [1.807, 2.05) is 18.7 Å². The van der Waals surface area contributed by atoms with Gasteiger partial charge in [-0.15, -0.1) is 0 Å². The molecule has 24 heavy (non-hydrogen) atoms. The van der Waals surface area contributed by atoms with E-state index in [2.05, 4.69) is 63.1 Å². The number of imidazole rings is 1. The largest absolute Gasteiger partial charge is 0.297 e. The number of aromatic nitrogens is 2. The number of benzene rings is 1. The molecule has 2 heterocycles. The predicted molar refractivity (Wildman–Crippen MR) is 101 cm³/mol. The average molecular weight is 315 g/mol. The van der Waals surface area contributed by atoms with Gasteiger partial charge in [0, 0.05) is 12.8 Å². The molecule has 0 bridgehead atoms. The van der Waals surface area contributed by atoms with Gasteiger partial charge in [-0.1, -0.05) is 48.6 Å². The number of hydrogen-bond acceptors (Lipinski definition) is 2. The lowest BCUT2D eigenvalue weighted by atomic mass is 9.98. The fourth-order valence-electron chi connectivity index (χ4n) is 3.38. The van der Waals surface area contributed by atoms with Gasteiger partial charge in [-0.2, -0.15) is 0 Å². The molecule has 0 unspecified atom stereocenters. The molecule has 1 aliphatic carbocycles.